The lowest BCUT2D eigenvalue weighted by Crippen LogP contribution is -2.29. The highest BCUT2D eigenvalue weighted by molar-refractivity contribution is 7.47. The van der Waals surface area contributed by atoms with E-state index < -0.39 is 51.8 Å². The second-order valence-corrected chi connectivity index (χ2v) is 18.7. The molecule has 0 saturated carbocycles. The first-order chi connectivity index (χ1) is 28.7. The van der Waals surface area contributed by atoms with Crippen molar-refractivity contribution >= 4 is 19.8 Å². The molecule has 0 fully saturated rings. The molecule has 0 heterocycles. The minimum atomic E-state index is -4.61. The summed E-state index contributed by atoms with van der Waals surface area (Å²) < 4.78 is 32.8. The van der Waals surface area contributed by atoms with Crippen LogP contribution in [-0.4, -0.2) is 65.7 Å². The molecular formula is C48H95O10P. The van der Waals surface area contributed by atoms with Crippen molar-refractivity contribution in [3.8, 4) is 0 Å². The Morgan fingerprint density at radius 3 is 1.05 bits per heavy atom. The third kappa shape index (κ3) is 44.8. The van der Waals surface area contributed by atoms with Gasteiger partial charge in [0.05, 0.1) is 19.8 Å². The van der Waals surface area contributed by atoms with Crippen LogP contribution in [0.15, 0.2) is 0 Å². The number of esters is 2. The van der Waals surface area contributed by atoms with Crippen molar-refractivity contribution in [2.24, 2.45) is 0 Å². The lowest BCUT2D eigenvalue weighted by Gasteiger charge is -2.20. The molecule has 0 saturated heterocycles. The van der Waals surface area contributed by atoms with Crippen LogP contribution < -0.4 is 0 Å². The van der Waals surface area contributed by atoms with E-state index in [9.17, 15) is 24.2 Å². The molecule has 0 aliphatic heterocycles. The summed E-state index contributed by atoms with van der Waals surface area (Å²) in [6, 6.07) is 0. The van der Waals surface area contributed by atoms with Crippen LogP contribution in [0.4, 0.5) is 0 Å². The first-order valence-corrected chi connectivity index (χ1v) is 26.5. The van der Waals surface area contributed by atoms with Crippen LogP contribution >= 0.6 is 7.82 Å². The molecule has 0 amide bonds. The Kier molecular flexibility index (Phi) is 44.2. The van der Waals surface area contributed by atoms with Crippen LogP contribution in [0.25, 0.3) is 0 Å². The first-order valence-electron chi connectivity index (χ1n) is 25.0. The van der Waals surface area contributed by atoms with E-state index in [0.29, 0.717) is 12.8 Å². The molecule has 0 spiro atoms. The van der Waals surface area contributed by atoms with Crippen molar-refractivity contribution in [1.82, 2.24) is 0 Å². The van der Waals surface area contributed by atoms with Crippen molar-refractivity contribution in [2.45, 2.75) is 270 Å². The second-order valence-electron chi connectivity index (χ2n) is 17.2. The average molecular weight is 863 g/mol. The van der Waals surface area contributed by atoms with Crippen LogP contribution in [0, 0.1) is 0 Å². The minimum absolute atomic E-state index is 0.193. The Balaban J connectivity index is 4.09. The number of aliphatic hydroxyl groups excluding tert-OH is 2. The highest BCUT2D eigenvalue weighted by atomic mass is 31.2. The lowest BCUT2D eigenvalue weighted by molar-refractivity contribution is -0.161. The summed E-state index contributed by atoms with van der Waals surface area (Å²) in [5.41, 5.74) is 0. The molecule has 0 bridgehead atoms. The fourth-order valence-corrected chi connectivity index (χ4v) is 8.20. The van der Waals surface area contributed by atoms with Gasteiger partial charge in [0, 0.05) is 12.8 Å². The van der Waals surface area contributed by atoms with Gasteiger partial charge < -0.3 is 24.6 Å². The Morgan fingerprint density at radius 1 is 0.441 bits per heavy atom. The minimum Gasteiger partial charge on any atom is -0.462 e. The zero-order chi connectivity index (χ0) is 43.3. The highest BCUT2D eigenvalue weighted by Crippen LogP contribution is 2.43. The molecule has 0 aromatic rings. The van der Waals surface area contributed by atoms with Crippen molar-refractivity contribution in [3.63, 3.8) is 0 Å². The molecule has 0 aromatic heterocycles. The summed E-state index contributed by atoms with van der Waals surface area (Å²) in [7, 11) is -4.61. The second kappa shape index (κ2) is 45.0. The standard InChI is InChI=1S/C48H95O10P/c1-3-5-7-9-11-13-15-17-18-19-20-21-22-23-24-25-26-28-30-32-34-36-38-40-48(52)58-46(44-57-59(53,54)56-42-45(50)41-49)43-55-47(51)39-37-35-33-31-29-27-16-14-12-10-8-6-4-2/h45-46,49-50H,3-44H2,1-2H3,(H,53,54)/t45-,46+/m0/s1. The SMILES string of the molecule is CCCCCCCCCCCCCCCCCCCCCCCCCC(=O)O[C@H](COC(=O)CCCCCCCCCCCCCCC)COP(=O)(O)OC[C@@H](O)CO. The molecule has 11 heteroatoms. The third-order valence-corrected chi connectivity index (χ3v) is 12.2. The third-order valence-electron chi connectivity index (χ3n) is 11.3. The summed E-state index contributed by atoms with van der Waals surface area (Å²) in [6.07, 6.45) is 43.6. The van der Waals surface area contributed by atoms with Gasteiger partial charge in [-0.1, -0.05) is 232 Å². The molecule has 1 unspecified atom stereocenters. The van der Waals surface area contributed by atoms with E-state index in [1.54, 1.807) is 0 Å². The Morgan fingerprint density at radius 2 is 0.729 bits per heavy atom. The van der Waals surface area contributed by atoms with Gasteiger partial charge in [-0.3, -0.25) is 18.6 Å². The van der Waals surface area contributed by atoms with E-state index in [4.69, 9.17) is 23.6 Å². The number of hydrogen-bond acceptors (Lipinski definition) is 9. The predicted molar refractivity (Wildman–Crippen MR) is 242 cm³/mol. The Labute approximate surface area is 363 Å². The molecule has 0 aliphatic rings. The Hall–Kier alpha value is -1.03. The number of aliphatic hydroxyl groups is 2. The fraction of sp³-hybridized carbons (Fsp3) is 0.958. The zero-order valence-corrected chi connectivity index (χ0v) is 39.4. The molecule has 0 radical (unpaired) electrons. The van der Waals surface area contributed by atoms with Crippen LogP contribution in [0.2, 0.25) is 0 Å². The van der Waals surface area contributed by atoms with Gasteiger partial charge >= 0.3 is 19.8 Å². The maximum atomic E-state index is 12.7. The van der Waals surface area contributed by atoms with Gasteiger partial charge in [-0.05, 0) is 12.8 Å². The van der Waals surface area contributed by atoms with Gasteiger partial charge in [-0.25, -0.2) is 4.57 Å². The van der Waals surface area contributed by atoms with Gasteiger partial charge in [0.15, 0.2) is 6.10 Å². The van der Waals surface area contributed by atoms with E-state index >= 15 is 0 Å². The average Bonchev–Trinajstić information content (AvgIpc) is 3.22. The number of phosphoric ester groups is 1. The summed E-state index contributed by atoms with van der Waals surface area (Å²) in [5, 5.41) is 18.4. The molecule has 0 aliphatic carbocycles. The normalized spacial score (nSPS) is 13.6. The number of hydrogen-bond donors (Lipinski definition) is 3. The molecule has 10 nitrogen and oxygen atoms in total. The number of unbranched alkanes of at least 4 members (excludes halogenated alkanes) is 34. The molecule has 59 heavy (non-hydrogen) atoms. The number of phosphoric acid groups is 1. The molecule has 0 aromatic carbocycles. The molecule has 3 atom stereocenters. The van der Waals surface area contributed by atoms with E-state index in [2.05, 4.69) is 13.8 Å². The summed E-state index contributed by atoms with van der Waals surface area (Å²) >= 11 is 0. The van der Waals surface area contributed by atoms with Gasteiger partial charge in [0.2, 0.25) is 0 Å². The van der Waals surface area contributed by atoms with Crippen molar-refractivity contribution in [2.75, 3.05) is 26.4 Å². The van der Waals surface area contributed by atoms with Crippen molar-refractivity contribution in [3.05, 3.63) is 0 Å². The Bertz CT molecular complexity index is 951. The molecular weight excluding hydrogens is 767 g/mol. The molecule has 352 valence electrons. The quantitative estimate of drug-likeness (QED) is 0.0306. The molecule has 3 N–H and O–H groups in total. The van der Waals surface area contributed by atoms with E-state index in [1.807, 2.05) is 0 Å². The molecule has 0 rings (SSSR count). The monoisotopic (exact) mass is 863 g/mol. The number of rotatable bonds is 48. The van der Waals surface area contributed by atoms with Gasteiger partial charge in [-0.15, -0.1) is 0 Å². The predicted octanol–water partition coefficient (Wildman–Crippen LogP) is 13.8. The van der Waals surface area contributed by atoms with Gasteiger partial charge in [-0.2, -0.15) is 0 Å². The smallest absolute Gasteiger partial charge is 0.462 e. The van der Waals surface area contributed by atoms with E-state index in [1.165, 1.54) is 186 Å². The topological polar surface area (TPSA) is 149 Å². The largest absolute Gasteiger partial charge is 0.472 e. The summed E-state index contributed by atoms with van der Waals surface area (Å²) in [4.78, 5) is 35.1. The lowest BCUT2D eigenvalue weighted by atomic mass is 10.0. The number of carbonyl (C=O) groups is 2. The maximum Gasteiger partial charge on any atom is 0.472 e. The van der Waals surface area contributed by atoms with Gasteiger partial charge in [0.25, 0.3) is 0 Å². The van der Waals surface area contributed by atoms with Crippen LogP contribution in [0.3, 0.4) is 0 Å². The van der Waals surface area contributed by atoms with Crippen LogP contribution in [0.1, 0.15) is 258 Å². The van der Waals surface area contributed by atoms with Crippen LogP contribution in [0.5, 0.6) is 0 Å². The zero-order valence-electron chi connectivity index (χ0n) is 38.5. The van der Waals surface area contributed by atoms with Crippen LogP contribution in [-0.2, 0) is 32.7 Å². The first kappa shape index (κ1) is 58.0. The summed E-state index contributed by atoms with van der Waals surface area (Å²) in [5.74, 6) is -0.905. The summed E-state index contributed by atoms with van der Waals surface area (Å²) in [6.45, 7) is 2.44. The fourth-order valence-electron chi connectivity index (χ4n) is 7.41. The maximum absolute atomic E-state index is 12.7. The van der Waals surface area contributed by atoms with Crippen molar-refractivity contribution < 1.29 is 47.8 Å². The van der Waals surface area contributed by atoms with Crippen molar-refractivity contribution in [1.29, 1.82) is 0 Å². The van der Waals surface area contributed by atoms with E-state index in [0.717, 1.165) is 32.1 Å². The van der Waals surface area contributed by atoms with Gasteiger partial charge in [0.1, 0.15) is 12.7 Å². The number of carbonyl (C=O) groups excluding carboxylic acids is 2. The highest BCUT2D eigenvalue weighted by Gasteiger charge is 2.27. The number of ether oxygens (including phenoxy) is 2. The van der Waals surface area contributed by atoms with E-state index in [-0.39, 0.29) is 19.4 Å².